The molecule has 4 heteroatoms. The summed E-state index contributed by atoms with van der Waals surface area (Å²) in [4.78, 5) is 10.4. The minimum atomic E-state index is 0.425. The Morgan fingerprint density at radius 3 is 2.39 bits per heavy atom. The zero-order chi connectivity index (χ0) is 13.0. The van der Waals surface area contributed by atoms with Gasteiger partial charge >= 0.3 is 0 Å². The Morgan fingerprint density at radius 2 is 1.83 bits per heavy atom. The van der Waals surface area contributed by atoms with Crippen molar-refractivity contribution in [3.63, 3.8) is 0 Å². The maximum absolute atomic E-state index is 5.71. The van der Waals surface area contributed by atoms with E-state index in [4.69, 9.17) is 11.6 Å². The number of halogens is 1. The summed E-state index contributed by atoms with van der Waals surface area (Å²) in [6, 6.07) is 8.56. The molecule has 1 aromatic carbocycles. The van der Waals surface area contributed by atoms with Gasteiger partial charge in [0.25, 0.3) is 0 Å². The van der Waals surface area contributed by atoms with Crippen molar-refractivity contribution in [1.29, 1.82) is 0 Å². The van der Waals surface area contributed by atoms with Crippen molar-refractivity contribution in [2.75, 3.05) is 11.9 Å². The van der Waals surface area contributed by atoms with Gasteiger partial charge in [-0.05, 0) is 24.1 Å². The molecular formula is C14H16ClN3. The molecule has 1 aromatic heterocycles. The lowest BCUT2D eigenvalue weighted by Crippen LogP contribution is -2.17. The summed E-state index contributed by atoms with van der Waals surface area (Å²) in [5, 5.41) is 0.425. The second-order valence-electron chi connectivity index (χ2n) is 4.21. The van der Waals surface area contributed by atoms with Crippen LogP contribution in [0.15, 0.2) is 36.7 Å². The molecule has 2 aromatic rings. The molecule has 0 saturated carbocycles. The molecule has 1 heterocycles. The molecule has 0 radical (unpaired) electrons. The molecule has 0 bridgehead atoms. The quantitative estimate of drug-likeness (QED) is 0.845. The Labute approximate surface area is 112 Å². The molecule has 0 aliphatic heterocycles. The third kappa shape index (κ3) is 3.20. The Balaban J connectivity index is 2.06. The highest BCUT2D eigenvalue weighted by Crippen LogP contribution is 2.16. The van der Waals surface area contributed by atoms with Crippen LogP contribution in [0.4, 0.5) is 5.69 Å². The molecule has 0 unspecified atom stereocenters. The van der Waals surface area contributed by atoms with Gasteiger partial charge in [-0.3, -0.25) is 4.98 Å². The first-order valence-corrected chi connectivity index (χ1v) is 6.33. The topological polar surface area (TPSA) is 29.0 Å². The fourth-order valence-electron chi connectivity index (χ4n) is 1.74. The molecular weight excluding hydrogens is 246 g/mol. The van der Waals surface area contributed by atoms with Gasteiger partial charge < -0.3 is 4.90 Å². The summed E-state index contributed by atoms with van der Waals surface area (Å²) in [5.74, 6) is 0. The van der Waals surface area contributed by atoms with Crippen LogP contribution in [0.2, 0.25) is 5.15 Å². The van der Waals surface area contributed by atoms with Crippen LogP contribution in [-0.4, -0.2) is 17.0 Å². The molecule has 0 spiro atoms. The number of hydrogen-bond acceptors (Lipinski definition) is 3. The van der Waals surface area contributed by atoms with E-state index in [2.05, 4.69) is 46.1 Å². The third-order valence-corrected chi connectivity index (χ3v) is 3.05. The van der Waals surface area contributed by atoms with E-state index in [0.717, 1.165) is 18.7 Å². The van der Waals surface area contributed by atoms with Crippen LogP contribution in [0.1, 0.15) is 18.2 Å². The summed E-state index contributed by atoms with van der Waals surface area (Å²) in [5.41, 5.74) is 3.42. The SMILES string of the molecule is CCc1ccc(N(C)Cc2cnc(Cl)cn2)cc1. The van der Waals surface area contributed by atoms with Crippen LogP contribution in [0, 0.1) is 0 Å². The summed E-state index contributed by atoms with van der Waals surface area (Å²) in [6.45, 7) is 2.87. The number of nitrogens with zero attached hydrogens (tertiary/aromatic N) is 3. The molecule has 18 heavy (non-hydrogen) atoms. The van der Waals surface area contributed by atoms with Crippen molar-refractivity contribution in [2.45, 2.75) is 19.9 Å². The number of rotatable bonds is 4. The summed E-state index contributed by atoms with van der Waals surface area (Å²) < 4.78 is 0. The van der Waals surface area contributed by atoms with E-state index in [9.17, 15) is 0 Å². The average molecular weight is 262 g/mol. The molecule has 0 fully saturated rings. The smallest absolute Gasteiger partial charge is 0.147 e. The lowest BCUT2D eigenvalue weighted by atomic mass is 10.1. The van der Waals surface area contributed by atoms with Crippen molar-refractivity contribution in [3.8, 4) is 0 Å². The molecule has 0 atom stereocenters. The molecule has 0 aliphatic carbocycles. The normalized spacial score (nSPS) is 10.4. The van der Waals surface area contributed by atoms with E-state index < -0.39 is 0 Å². The maximum Gasteiger partial charge on any atom is 0.147 e. The number of anilines is 1. The largest absolute Gasteiger partial charge is 0.369 e. The third-order valence-electron chi connectivity index (χ3n) is 2.86. The average Bonchev–Trinajstić information content (AvgIpc) is 2.41. The van der Waals surface area contributed by atoms with Gasteiger partial charge in [-0.25, -0.2) is 4.98 Å². The lowest BCUT2D eigenvalue weighted by molar-refractivity contribution is 0.872. The van der Waals surface area contributed by atoms with Gasteiger partial charge in [-0.2, -0.15) is 0 Å². The van der Waals surface area contributed by atoms with E-state index >= 15 is 0 Å². The number of benzene rings is 1. The predicted molar refractivity (Wildman–Crippen MR) is 75.0 cm³/mol. The lowest BCUT2D eigenvalue weighted by Gasteiger charge is -2.18. The molecule has 2 rings (SSSR count). The van der Waals surface area contributed by atoms with Crippen LogP contribution in [0.25, 0.3) is 0 Å². The second-order valence-corrected chi connectivity index (χ2v) is 4.59. The van der Waals surface area contributed by atoms with Gasteiger partial charge in [-0.1, -0.05) is 30.7 Å². The highest BCUT2D eigenvalue weighted by molar-refractivity contribution is 6.29. The van der Waals surface area contributed by atoms with Gasteiger partial charge in [0.1, 0.15) is 5.15 Å². The van der Waals surface area contributed by atoms with Gasteiger partial charge in [0, 0.05) is 12.7 Å². The molecule has 0 N–H and O–H groups in total. The summed E-state index contributed by atoms with van der Waals surface area (Å²) in [6.07, 6.45) is 4.34. The minimum absolute atomic E-state index is 0.425. The van der Waals surface area contributed by atoms with Crippen LogP contribution < -0.4 is 4.90 Å². The van der Waals surface area contributed by atoms with Gasteiger partial charge in [0.2, 0.25) is 0 Å². The van der Waals surface area contributed by atoms with E-state index in [1.165, 1.54) is 11.3 Å². The fourth-order valence-corrected chi connectivity index (χ4v) is 1.84. The Morgan fingerprint density at radius 1 is 1.11 bits per heavy atom. The molecule has 0 aliphatic rings. The van der Waals surface area contributed by atoms with Crippen molar-refractivity contribution in [2.24, 2.45) is 0 Å². The first-order valence-electron chi connectivity index (χ1n) is 5.95. The van der Waals surface area contributed by atoms with Crippen LogP contribution in [0.5, 0.6) is 0 Å². The van der Waals surface area contributed by atoms with E-state index in [1.807, 2.05) is 7.05 Å². The van der Waals surface area contributed by atoms with Crippen molar-refractivity contribution in [3.05, 3.63) is 53.1 Å². The zero-order valence-corrected chi connectivity index (χ0v) is 11.4. The molecule has 0 saturated heterocycles. The first-order chi connectivity index (χ1) is 8.69. The number of aromatic nitrogens is 2. The highest BCUT2D eigenvalue weighted by atomic mass is 35.5. The second kappa shape index (κ2) is 5.83. The zero-order valence-electron chi connectivity index (χ0n) is 10.6. The Kier molecular flexibility index (Phi) is 4.15. The van der Waals surface area contributed by atoms with Crippen molar-refractivity contribution in [1.82, 2.24) is 9.97 Å². The van der Waals surface area contributed by atoms with Crippen molar-refractivity contribution >= 4 is 17.3 Å². The maximum atomic E-state index is 5.71. The summed E-state index contributed by atoms with van der Waals surface area (Å²) >= 11 is 5.71. The van der Waals surface area contributed by atoms with Crippen LogP contribution in [-0.2, 0) is 13.0 Å². The van der Waals surface area contributed by atoms with Crippen molar-refractivity contribution < 1.29 is 0 Å². The minimum Gasteiger partial charge on any atom is -0.369 e. The standard InChI is InChI=1S/C14H16ClN3/c1-3-11-4-6-13(7-5-11)18(2)10-12-8-17-14(15)9-16-12/h4-9H,3,10H2,1-2H3. The Bertz CT molecular complexity index is 493. The van der Waals surface area contributed by atoms with Crippen LogP contribution >= 0.6 is 11.6 Å². The molecule has 94 valence electrons. The number of hydrogen-bond donors (Lipinski definition) is 0. The fraction of sp³-hybridized carbons (Fsp3) is 0.286. The van der Waals surface area contributed by atoms with Gasteiger partial charge in [-0.15, -0.1) is 0 Å². The van der Waals surface area contributed by atoms with E-state index in [1.54, 1.807) is 12.4 Å². The number of aryl methyl sites for hydroxylation is 1. The molecule has 0 amide bonds. The van der Waals surface area contributed by atoms with Gasteiger partial charge in [0.15, 0.2) is 0 Å². The van der Waals surface area contributed by atoms with Gasteiger partial charge in [0.05, 0.1) is 24.6 Å². The van der Waals surface area contributed by atoms with E-state index in [-0.39, 0.29) is 0 Å². The summed E-state index contributed by atoms with van der Waals surface area (Å²) in [7, 11) is 2.04. The molecule has 3 nitrogen and oxygen atoms in total. The predicted octanol–water partition coefficient (Wildman–Crippen LogP) is 3.33. The first kappa shape index (κ1) is 12.8. The highest BCUT2D eigenvalue weighted by Gasteiger charge is 2.03. The Hall–Kier alpha value is -1.61. The monoisotopic (exact) mass is 261 g/mol. The van der Waals surface area contributed by atoms with E-state index in [0.29, 0.717) is 5.15 Å². The van der Waals surface area contributed by atoms with Crippen LogP contribution in [0.3, 0.4) is 0 Å².